The fourth-order valence-electron chi connectivity index (χ4n) is 0.868. The fourth-order valence-corrected chi connectivity index (χ4v) is 1.20. The van der Waals surface area contributed by atoms with Crippen molar-refractivity contribution in [2.24, 2.45) is 0 Å². The van der Waals surface area contributed by atoms with E-state index in [0.29, 0.717) is 0 Å². The average molecular weight is 314 g/mol. The van der Waals surface area contributed by atoms with E-state index in [-0.39, 0.29) is 37.7 Å². The van der Waals surface area contributed by atoms with Crippen LogP contribution in [-0.4, -0.2) is 86.4 Å². The summed E-state index contributed by atoms with van der Waals surface area (Å²) in [7, 11) is -5.17. The molecule has 12 heteroatoms. The summed E-state index contributed by atoms with van der Waals surface area (Å²) in [5, 5.41) is 26.1. The van der Waals surface area contributed by atoms with Crippen LogP contribution in [0, 0.1) is 0 Å². The Morgan fingerprint density at radius 1 is 1.11 bits per heavy atom. The van der Waals surface area contributed by atoms with Crippen LogP contribution >= 0.6 is 7.82 Å². The van der Waals surface area contributed by atoms with E-state index in [1.54, 1.807) is 0 Å². The molecule has 0 rings (SSSR count). The molecule has 0 aromatic rings. The topological polar surface area (TPSA) is 179 Å². The number of phosphoric ester groups is 1. The van der Waals surface area contributed by atoms with Gasteiger partial charge < -0.3 is 19.8 Å². The van der Waals surface area contributed by atoms with Gasteiger partial charge in [-0.25, -0.2) is 9.36 Å². The van der Waals surface area contributed by atoms with Gasteiger partial charge in [0, 0.05) is 0 Å². The molecule has 102 valence electrons. The summed E-state index contributed by atoms with van der Waals surface area (Å²) in [4.78, 5) is 48.1. The van der Waals surface area contributed by atoms with Crippen molar-refractivity contribution < 1.29 is 48.6 Å². The maximum absolute atomic E-state index is 10.8. The zero-order valence-electron chi connectivity index (χ0n) is 8.14. The summed E-state index contributed by atoms with van der Waals surface area (Å²) in [5.74, 6) is -5.47. The Morgan fingerprint density at radius 3 is 1.83 bits per heavy atom. The Hall–Kier alpha value is -0.220. The Balaban J connectivity index is 0. The van der Waals surface area contributed by atoms with Gasteiger partial charge >= 0.3 is 63.5 Å². The van der Waals surface area contributed by atoms with Crippen LogP contribution < -0.4 is 0 Å². The molecular weight excluding hydrogens is 303 g/mol. The molecule has 0 aliphatic rings. The second kappa shape index (κ2) is 7.39. The Kier molecular flexibility index (Phi) is 8.25. The first-order valence-corrected chi connectivity index (χ1v) is 5.45. The number of rotatable bonds is 6. The van der Waals surface area contributed by atoms with Crippen LogP contribution in [0.15, 0.2) is 0 Å². The third-order valence-electron chi connectivity index (χ3n) is 1.50. The van der Waals surface area contributed by atoms with Gasteiger partial charge in [0.25, 0.3) is 0 Å². The minimum atomic E-state index is -5.17. The molecule has 0 spiro atoms. The number of aliphatic carboxylic acids is 2. The normalized spacial score (nSPS) is 13.9. The second-order valence-electron chi connectivity index (χ2n) is 3.04. The van der Waals surface area contributed by atoms with E-state index in [1.807, 2.05) is 0 Å². The van der Waals surface area contributed by atoms with Crippen LogP contribution in [0.4, 0.5) is 0 Å². The van der Waals surface area contributed by atoms with Crippen LogP contribution in [0.1, 0.15) is 12.8 Å². The Bertz CT molecular complexity index is 388. The van der Waals surface area contributed by atoms with Gasteiger partial charge in [0.05, 0.1) is 12.8 Å². The molecule has 5 N–H and O–H groups in total. The predicted octanol–water partition coefficient (Wildman–Crippen LogP) is -2.61. The molecule has 0 saturated carbocycles. The van der Waals surface area contributed by atoms with Gasteiger partial charge in [0.1, 0.15) is 0 Å². The van der Waals surface area contributed by atoms with Crippen molar-refractivity contribution in [2.45, 2.75) is 18.4 Å². The first-order valence-electron chi connectivity index (χ1n) is 3.92. The zero-order valence-corrected chi connectivity index (χ0v) is 9.03. The molecule has 0 saturated heterocycles. The number of aliphatic hydroxyl groups is 1. The van der Waals surface area contributed by atoms with Crippen molar-refractivity contribution >= 4 is 63.5 Å². The van der Waals surface area contributed by atoms with Gasteiger partial charge in [0.15, 0.2) is 5.60 Å². The summed E-state index contributed by atoms with van der Waals surface area (Å²) in [5.41, 5.74) is -2.99. The number of carboxylic acid groups (broad SMARTS) is 2. The summed E-state index contributed by atoms with van der Waals surface area (Å²) < 4.78 is 13.7. The van der Waals surface area contributed by atoms with Crippen molar-refractivity contribution in [1.29, 1.82) is 0 Å². The summed E-state index contributed by atoms with van der Waals surface area (Å²) in [6.07, 6.45) is -2.72. The molecule has 0 radical (unpaired) electrons. The quantitative estimate of drug-likeness (QED) is 0.257. The van der Waals surface area contributed by atoms with Crippen molar-refractivity contribution in [3.63, 3.8) is 0 Å². The molecule has 1 unspecified atom stereocenters. The molecule has 0 aromatic heterocycles. The van der Waals surface area contributed by atoms with Crippen LogP contribution in [0.3, 0.4) is 0 Å². The van der Waals surface area contributed by atoms with E-state index in [4.69, 9.17) is 20.0 Å². The summed E-state index contributed by atoms with van der Waals surface area (Å²) in [6, 6.07) is 0. The third-order valence-corrected chi connectivity index (χ3v) is 1.94. The predicted molar refractivity (Wildman–Crippen MR) is 56.1 cm³/mol. The van der Waals surface area contributed by atoms with E-state index < -0.39 is 44.2 Å². The van der Waals surface area contributed by atoms with Gasteiger partial charge in [-0.05, 0) is 0 Å². The summed E-state index contributed by atoms with van der Waals surface area (Å²) in [6.45, 7) is 0. The standard InChI is InChI=1S/C6H9O10P.Ca.2H/c7-3(8)1-6(12,5(10)11)2-4(9)16-17(13,14)15;;;/h12H,1-2H2,(H,7,8)(H,10,11)(H2,13,14,15);;;. The van der Waals surface area contributed by atoms with Crippen molar-refractivity contribution in [1.82, 2.24) is 0 Å². The van der Waals surface area contributed by atoms with Gasteiger partial charge in [-0.15, -0.1) is 0 Å². The van der Waals surface area contributed by atoms with E-state index >= 15 is 0 Å². The molecular formula is C6H11CaO10P. The van der Waals surface area contributed by atoms with E-state index in [0.717, 1.165) is 0 Å². The number of carbonyl (C=O) groups excluding carboxylic acids is 1. The van der Waals surface area contributed by atoms with E-state index in [1.165, 1.54) is 0 Å². The molecule has 0 bridgehead atoms. The molecule has 0 heterocycles. The fraction of sp³-hybridized carbons (Fsp3) is 0.500. The molecule has 10 nitrogen and oxygen atoms in total. The van der Waals surface area contributed by atoms with Crippen molar-refractivity contribution in [2.75, 3.05) is 0 Å². The van der Waals surface area contributed by atoms with Crippen LogP contribution in [0.2, 0.25) is 0 Å². The van der Waals surface area contributed by atoms with Gasteiger partial charge in [0.2, 0.25) is 0 Å². The number of carboxylic acids is 2. The van der Waals surface area contributed by atoms with Crippen molar-refractivity contribution in [3.8, 4) is 0 Å². The van der Waals surface area contributed by atoms with Crippen molar-refractivity contribution in [3.05, 3.63) is 0 Å². The minimum absolute atomic E-state index is 0. The van der Waals surface area contributed by atoms with Crippen LogP contribution in [0.25, 0.3) is 0 Å². The number of hydrogen-bond acceptors (Lipinski definition) is 6. The molecule has 0 aromatic carbocycles. The van der Waals surface area contributed by atoms with Gasteiger partial charge in [-0.3, -0.25) is 19.4 Å². The van der Waals surface area contributed by atoms with Crippen LogP contribution in [-0.2, 0) is 23.5 Å². The molecule has 0 aliphatic heterocycles. The summed E-state index contributed by atoms with van der Waals surface area (Å²) >= 11 is 0. The Labute approximate surface area is 130 Å². The van der Waals surface area contributed by atoms with Gasteiger partial charge in [-0.1, -0.05) is 0 Å². The first kappa shape index (κ1) is 20.1. The Morgan fingerprint density at radius 2 is 1.56 bits per heavy atom. The monoisotopic (exact) mass is 314 g/mol. The number of phosphoric acid groups is 1. The number of carbonyl (C=O) groups is 3. The molecule has 0 aliphatic carbocycles. The SMILES string of the molecule is O=C(O)CC(O)(CC(=O)OP(=O)(O)O)C(=O)O.[CaH2]. The average Bonchev–Trinajstić information content (AvgIpc) is 1.96. The third kappa shape index (κ3) is 7.98. The van der Waals surface area contributed by atoms with E-state index in [2.05, 4.69) is 4.52 Å². The molecule has 0 amide bonds. The molecule has 18 heavy (non-hydrogen) atoms. The zero-order chi connectivity index (χ0) is 13.9. The van der Waals surface area contributed by atoms with E-state index in [9.17, 15) is 24.1 Å². The molecule has 0 fully saturated rings. The first-order chi connectivity index (χ1) is 7.46. The number of hydrogen-bond donors (Lipinski definition) is 5. The van der Waals surface area contributed by atoms with Gasteiger partial charge in [-0.2, -0.15) is 0 Å². The van der Waals surface area contributed by atoms with Crippen LogP contribution in [0.5, 0.6) is 0 Å². The second-order valence-corrected chi connectivity index (χ2v) is 4.20. The maximum atomic E-state index is 10.8. The molecule has 1 atom stereocenters.